The SMILES string of the molecule is CC[C@H](NC(=O)OC(C)(C)C)C(O)c1nc(-c2cccs2)no1. The van der Waals surface area contributed by atoms with Crippen LogP contribution in [0.2, 0.25) is 0 Å². The lowest BCUT2D eigenvalue weighted by Crippen LogP contribution is -2.42. The Morgan fingerprint density at radius 1 is 1.52 bits per heavy atom. The van der Waals surface area contributed by atoms with E-state index in [1.165, 1.54) is 11.3 Å². The first-order valence-electron chi connectivity index (χ1n) is 7.35. The van der Waals surface area contributed by atoms with Gasteiger partial charge in [-0.05, 0) is 38.6 Å². The van der Waals surface area contributed by atoms with Crippen LogP contribution in [0.4, 0.5) is 4.79 Å². The van der Waals surface area contributed by atoms with E-state index in [2.05, 4.69) is 15.5 Å². The second-order valence-electron chi connectivity index (χ2n) is 6.04. The first-order chi connectivity index (χ1) is 10.8. The second kappa shape index (κ2) is 7.10. The van der Waals surface area contributed by atoms with Gasteiger partial charge in [-0.25, -0.2) is 4.79 Å². The third-order valence-corrected chi connectivity index (χ3v) is 3.83. The first kappa shape index (κ1) is 17.4. The van der Waals surface area contributed by atoms with Gasteiger partial charge in [-0.15, -0.1) is 11.3 Å². The number of nitrogens with zero attached hydrogens (tertiary/aromatic N) is 2. The number of alkyl carbamates (subject to hydrolysis) is 1. The molecule has 126 valence electrons. The van der Waals surface area contributed by atoms with Crippen LogP contribution >= 0.6 is 11.3 Å². The zero-order valence-electron chi connectivity index (χ0n) is 13.6. The van der Waals surface area contributed by atoms with Crippen LogP contribution in [0.3, 0.4) is 0 Å². The number of thiophene rings is 1. The Hall–Kier alpha value is -1.93. The zero-order valence-corrected chi connectivity index (χ0v) is 14.4. The van der Waals surface area contributed by atoms with E-state index in [0.29, 0.717) is 12.2 Å². The van der Waals surface area contributed by atoms with E-state index in [4.69, 9.17) is 9.26 Å². The molecule has 0 aliphatic heterocycles. The summed E-state index contributed by atoms with van der Waals surface area (Å²) in [5.41, 5.74) is -0.607. The second-order valence-corrected chi connectivity index (χ2v) is 6.99. The number of carbonyl (C=O) groups excluding carboxylic acids is 1. The van der Waals surface area contributed by atoms with Crippen molar-refractivity contribution < 1.29 is 19.2 Å². The van der Waals surface area contributed by atoms with Gasteiger partial charge < -0.3 is 19.7 Å². The van der Waals surface area contributed by atoms with Crippen LogP contribution in [0.5, 0.6) is 0 Å². The van der Waals surface area contributed by atoms with E-state index in [1.807, 2.05) is 24.4 Å². The smallest absolute Gasteiger partial charge is 0.407 e. The van der Waals surface area contributed by atoms with Gasteiger partial charge in [-0.2, -0.15) is 4.98 Å². The number of carbonyl (C=O) groups is 1. The van der Waals surface area contributed by atoms with E-state index >= 15 is 0 Å². The number of hydrogen-bond donors (Lipinski definition) is 2. The minimum absolute atomic E-state index is 0.0660. The molecule has 0 saturated heterocycles. The van der Waals surface area contributed by atoms with Gasteiger partial charge in [-0.1, -0.05) is 18.1 Å². The fourth-order valence-electron chi connectivity index (χ4n) is 1.90. The van der Waals surface area contributed by atoms with E-state index in [9.17, 15) is 9.90 Å². The van der Waals surface area contributed by atoms with Crippen molar-refractivity contribution in [2.75, 3.05) is 0 Å². The molecule has 2 aromatic rings. The number of aliphatic hydroxyl groups is 1. The fraction of sp³-hybridized carbons (Fsp3) is 0.533. The molecule has 0 fully saturated rings. The maximum absolute atomic E-state index is 11.8. The Morgan fingerprint density at radius 2 is 2.26 bits per heavy atom. The monoisotopic (exact) mass is 339 g/mol. The molecule has 1 amide bonds. The number of ether oxygens (including phenoxy) is 1. The molecule has 2 N–H and O–H groups in total. The molecule has 0 aromatic carbocycles. The number of aliphatic hydroxyl groups excluding tert-OH is 1. The average molecular weight is 339 g/mol. The molecule has 1 unspecified atom stereocenters. The maximum atomic E-state index is 11.8. The standard InChI is InChI=1S/C15H21N3O4S/c1-5-9(16-14(20)21-15(2,3)4)11(19)13-17-12(18-22-13)10-7-6-8-23-10/h6-9,11,19H,5H2,1-4H3,(H,16,20)/t9-,11?/m0/s1. The molecule has 7 nitrogen and oxygen atoms in total. The summed E-state index contributed by atoms with van der Waals surface area (Å²) in [5.74, 6) is 0.484. The highest BCUT2D eigenvalue weighted by Gasteiger charge is 2.28. The first-order valence-corrected chi connectivity index (χ1v) is 8.23. The Bertz CT molecular complexity index is 633. The molecule has 0 radical (unpaired) electrons. The van der Waals surface area contributed by atoms with Crippen molar-refractivity contribution in [2.24, 2.45) is 0 Å². The molecular weight excluding hydrogens is 318 g/mol. The van der Waals surface area contributed by atoms with Gasteiger partial charge in [0.25, 0.3) is 5.89 Å². The van der Waals surface area contributed by atoms with Crippen LogP contribution in [0, 0.1) is 0 Å². The predicted molar refractivity (Wildman–Crippen MR) is 86.0 cm³/mol. The Morgan fingerprint density at radius 3 is 2.83 bits per heavy atom. The molecule has 2 aromatic heterocycles. The molecule has 2 heterocycles. The highest BCUT2D eigenvalue weighted by Crippen LogP contribution is 2.25. The normalized spacial score (nSPS) is 14.3. The Kier molecular flexibility index (Phi) is 5.38. The molecule has 0 aliphatic rings. The molecule has 2 atom stereocenters. The summed E-state index contributed by atoms with van der Waals surface area (Å²) in [5, 5.41) is 18.8. The summed E-state index contributed by atoms with van der Waals surface area (Å²) in [4.78, 5) is 16.9. The quantitative estimate of drug-likeness (QED) is 0.868. The fourth-order valence-corrected chi connectivity index (χ4v) is 2.55. The number of amides is 1. The summed E-state index contributed by atoms with van der Waals surface area (Å²) in [6, 6.07) is 3.16. The number of aromatic nitrogens is 2. The summed E-state index contributed by atoms with van der Waals surface area (Å²) < 4.78 is 10.3. The van der Waals surface area contributed by atoms with Crippen molar-refractivity contribution >= 4 is 17.4 Å². The van der Waals surface area contributed by atoms with Crippen LogP contribution in [0.15, 0.2) is 22.0 Å². The van der Waals surface area contributed by atoms with Gasteiger partial charge in [0.05, 0.1) is 10.9 Å². The summed E-state index contributed by atoms with van der Waals surface area (Å²) in [6.45, 7) is 7.15. The van der Waals surface area contributed by atoms with Crippen molar-refractivity contribution in [1.82, 2.24) is 15.5 Å². The molecule has 2 rings (SSSR count). The van der Waals surface area contributed by atoms with E-state index in [0.717, 1.165) is 4.88 Å². The van der Waals surface area contributed by atoms with Crippen molar-refractivity contribution in [3.05, 3.63) is 23.4 Å². The van der Waals surface area contributed by atoms with Gasteiger partial charge in [0, 0.05) is 0 Å². The van der Waals surface area contributed by atoms with Gasteiger partial charge in [-0.3, -0.25) is 0 Å². The molecule has 0 spiro atoms. The van der Waals surface area contributed by atoms with Gasteiger partial charge in [0.1, 0.15) is 5.60 Å². The van der Waals surface area contributed by atoms with E-state index in [1.54, 1.807) is 20.8 Å². The van der Waals surface area contributed by atoms with E-state index < -0.39 is 23.8 Å². The predicted octanol–water partition coefficient (Wildman–Crippen LogP) is 3.13. The van der Waals surface area contributed by atoms with Crippen molar-refractivity contribution in [3.8, 4) is 10.7 Å². The molecule has 0 saturated carbocycles. The van der Waals surface area contributed by atoms with Crippen LogP contribution in [-0.2, 0) is 4.74 Å². The van der Waals surface area contributed by atoms with Crippen molar-refractivity contribution in [2.45, 2.75) is 51.9 Å². The number of rotatable bonds is 5. The van der Waals surface area contributed by atoms with Crippen molar-refractivity contribution in [1.29, 1.82) is 0 Å². The van der Waals surface area contributed by atoms with Crippen LogP contribution in [-0.4, -0.2) is 33.0 Å². The molecule has 0 bridgehead atoms. The van der Waals surface area contributed by atoms with Crippen LogP contribution in [0.25, 0.3) is 10.7 Å². The zero-order chi connectivity index (χ0) is 17.0. The van der Waals surface area contributed by atoms with Gasteiger partial charge >= 0.3 is 6.09 Å². The van der Waals surface area contributed by atoms with E-state index in [-0.39, 0.29) is 5.89 Å². The Balaban J connectivity index is 2.05. The van der Waals surface area contributed by atoms with Gasteiger partial charge in [0.2, 0.25) is 5.82 Å². The lowest BCUT2D eigenvalue weighted by Gasteiger charge is -2.24. The Labute approximate surface area is 138 Å². The van der Waals surface area contributed by atoms with Crippen molar-refractivity contribution in [3.63, 3.8) is 0 Å². The molecule has 0 aliphatic carbocycles. The highest BCUT2D eigenvalue weighted by molar-refractivity contribution is 7.13. The molecule has 8 heteroatoms. The molecular formula is C15H21N3O4S. The third kappa shape index (κ3) is 4.77. The van der Waals surface area contributed by atoms with Crippen LogP contribution < -0.4 is 5.32 Å². The molecule has 23 heavy (non-hydrogen) atoms. The minimum Gasteiger partial charge on any atom is -0.444 e. The average Bonchev–Trinajstić information content (AvgIpc) is 3.11. The van der Waals surface area contributed by atoms with Gasteiger partial charge in [0.15, 0.2) is 6.10 Å². The number of hydrogen-bond acceptors (Lipinski definition) is 7. The summed E-state index contributed by atoms with van der Waals surface area (Å²) in [6.07, 6.45) is -1.22. The maximum Gasteiger partial charge on any atom is 0.407 e. The lowest BCUT2D eigenvalue weighted by atomic mass is 10.1. The number of nitrogens with one attached hydrogen (secondary N) is 1. The third-order valence-electron chi connectivity index (χ3n) is 2.96. The minimum atomic E-state index is -1.10. The van der Waals surface area contributed by atoms with Crippen LogP contribution in [0.1, 0.15) is 46.1 Å². The summed E-state index contributed by atoms with van der Waals surface area (Å²) >= 11 is 1.48. The largest absolute Gasteiger partial charge is 0.444 e. The lowest BCUT2D eigenvalue weighted by molar-refractivity contribution is 0.0375. The topological polar surface area (TPSA) is 97.5 Å². The summed E-state index contributed by atoms with van der Waals surface area (Å²) in [7, 11) is 0. The highest BCUT2D eigenvalue weighted by atomic mass is 32.1.